The molecule has 1 nitrogen and oxygen atoms in total. The van der Waals surface area contributed by atoms with Gasteiger partial charge in [0.1, 0.15) is 0 Å². The van der Waals surface area contributed by atoms with Gasteiger partial charge in [-0.05, 0) is 37.8 Å². The maximum atomic E-state index is 6.41. The Morgan fingerprint density at radius 2 is 1.96 bits per heavy atom. The van der Waals surface area contributed by atoms with E-state index in [4.69, 9.17) is 11.6 Å². The molecule has 0 saturated heterocycles. The fourth-order valence-corrected chi connectivity index (χ4v) is 3.94. The van der Waals surface area contributed by atoms with Gasteiger partial charge in [-0.25, -0.2) is 0 Å². The number of allylic oxidation sites excluding steroid dienone is 2. The number of benzene rings is 1. The van der Waals surface area contributed by atoms with Gasteiger partial charge >= 0.3 is 0 Å². The Labute approximate surface area is 146 Å². The fourth-order valence-electron chi connectivity index (χ4n) is 3.62. The second kappa shape index (κ2) is 9.17. The molecule has 0 radical (unpaired) electrons. The van der Waals surface area contributed by atoms with Crippen molar-refractivity contribution in [3.05, 3.63) is 52.7 Å². The second-order valence-corrected chi connectivity index (χ2v) is 7.09. The summed E-state index contributed by atoms with van der Waals surface area (Å²) >= 11 is 6.41. The minimum absolute atomic E-state index is 0.796. The lowest BCUT2D eigenvalue weighted by Gasteiger charge is -2.19. The van der Waals surface area contributed by atoms with E-state index in [-0.39, 0.29) is 0 Å². The van der Waals surface area contributed by atoms with Crippen LogP contribution in [0.5, 0.6) is 0 Å². The minimum atomic E-state index is 0.796. The van der Waals surface area contributed by atoms with Crippen LogP contribution in [-0.2, 0) is 0 Å². The van der Waals surface area contributed by atoms with Crippen LogP contribution in [0.1, 0.15) is 63.0 Å². The van der Waals surface area contributed by atoms with Crippen LogP contribution in [0.3, 0.4) is 0 Å². The first-order valence-electron chi connectivity index (χ1n) is 8.98. The van der Waals surface area contributed by atoms with Crippen LogP contribution >= 0.6 is 11.6 Å². The third-order valence-corrected chi connectivity index (χ3v) is 5.29. The summed E-state index contributed by atoms with van der Waals surface area (Å²) in [6, 6.07) is 6.05. The van der Waals surface area contributed by atoms with Gasteiger partial charge in [-0.1, -0.05) is 74.9 Å². The number of halogens is 1. The first-order valence-corrected chi connectivity index (χ1v) is 9.36. The number of rotatable bonds is 6. The quantitative estimate of drug-likeness (QED) is 0.462. The molecule has 1 aromatic carbocycles. The average Bonchev–Trinajstić information content (AvgIpc) is 2.79. The summed E-state index contributed by atoms with van der Waals surface area (Å²) < 4.78 is 0. The topological polar surface area (TPSA) is 12.0 Å². The summed E-state index contributed by atoms with van der Waals surface area (Å²) in [6.45, 7) is 9.40. The molecule has 1 fully saturated rings. The smallest absolute Gasteiger partial charge is 0.0487 e. The van der Waals surface area contributed by atoms with Crippen molar-refractivity contribution in [2.75, 3.05) is 6.54 Å². The molecule has 0 aromatic heterocycles. The van der Waals surface area contributed by atoms with Crippen molar-refractivity contribution in [2.24, 2.45) is 5.92 Å². The maximum Gasteiger partial charge on any atom is 0.0487 e. The van der Waals surface area contributed by atoms with Crippen molar-refractivity contribution in [1.29, 1.82) is 0 Å². The monoisotopic (exact) mass is 331 g/mol. The average molecular weight is 332 g/mol. The Kier molecular flexibility index (Phi) is 7.23. The Bertz CT molecular complexity index is 531. The van der Waals surface area contributed by atoms with E-state index < -0.39 is 0 Å². The Morgan fingerprint density at radius 1 is 1.26 bits per heavy atom. The van der Waals surface area contributed by atoms with E-state index in [0.717, 1.165) is 34.3 Å². The molecule has 0 unspecified atom stereocenters. The predicted octanol–water partition coefficient (Wildman–Crippen LogP) is 6.52. The molecule has 1 saturated carbocycles. The van der Waals surface area contributed by atoms with Crippen LogP contribution in [0.2, 0.25) is 5.02 Å². The zero-order valence-electron chi connectivity index (χ0n) is 14.6. The van der Waals surface area contributed by atoms with Crippen molar-refractivity contribution in [3.8, 4) is 0 Å². The highest BCUT2D eigenvalue weighted by molar-refractivity contribution is 6.32. The van der Waals surface area contributed by atoms with Crippen molar-refractivity contribution in [1.82, 2.24) is 5.32 Å². The largest absolute Gasteiger partial charge is 0.385 e. The Hall–Kier alpha value is -1.21. The normalized spacial score (nSPS) is 16.9. The molecule has 0 bridgehead atoms. The Balaban J connectivity index is 1.93. The summed E-state index contributed by atoms with van der Waals surface area (Å²) in [5, 5.41) is 4.33. The van der Waals surface area contributed by atoms with E-state index in [1.54, 1.807) is 0 Å². The molecular formula is C21H30ClN. The SMILES string of the molecule is C=C(NCCC1CCCCCC1)/C(=C/C)c1c(C)cccc1Cl. The summed E-state index contributed by atoms with van der Waals surface area (Å²) in [5.41, 5.74) is 4.40. The van der Waals surface area contributed by atoms with Gasteiger partial charge in [0.2, 0.25) is 0 Å². The lowest BCUT2D eigenvalue weighted by atomic mass is 9.96. The van der Waals surface area contributed by atoms with Gasteiger partial charge in [0, 0.05) is 28.4 Å². The third kappa shape index (κ3) is 5.14. The van der Waals surface area contributed by atoms with Crippen molar-refractivity contribution < 1.29 is 0 Å². The van der Waals surface area contributed by atoms with E-state index in [1.807, 2.05) is 12.1 Å². The fraction of sp³-hybridized carbons (Fsp3) is 0.524. The lowest BCUT2D eigenvalue weighted by Crippen LogP contribution is -2.18. The van der Waals surface area contributed by atoms with Crippen molar-refractivity contribution in [3.63, 3.8) is 0 Å². The van der Waals surface area contributed by atoms with Crippen LogP contribution in [0, 0.1) is 12.8 Å². The van der Waals surface area contributed by atoms with Gasteiger partial charge in [0.05, 0.1) is 0 Å². The highest BCUT2D eigenvalue weighted by atomic mass is 35.5. The predicted molar refractivity (Wildman–Crippen MR) is 103 cm³/mol. The third-order valence-electron chi connectivity index (χ3n) is 4.97. The van der Waals surface area contributed by atoms with E-state index in [9.17, 15) is 0 Å². The van der Waals surface area contributed by atoms with Gasteiger partial charge < -0.3 is 5.32 Å². The van der Waals surface area contributed by atoms with Crippen molar-refractivity contribution >= 4 is 17.2 Å². The zero-order valence-corrected chi connectivity index (χ0v) is 15.4. The summed E-state index contributed by atoms with van der Waals surface area (Å²) in [4.78, 5) is 0. The summed E-state index contributed by atoms with van der Waals surface area (Å²) in [7, 11) is 0. The molecule has 0 heterocycles. The molecular weight excluding hydrogens is 302 g/mol. The molecule has 1 aromatic rings. The first-order chi connectivity index (χ1) is 11.1. The van der Waals surface area contributed by atoms with Gasteiger partial charge in [0.15, 0.2) is 0 Å². The highest BCUT2D eigenvalue weighted by Crippen LogP contribution is 2.31. The van der Waals surface area contributed by atoms with Gasteiger partial charge in [-0.3, -0.25) is 0 Å². The maximum absolute atomic E-state index is 6.41. The molecule has 2 heteroatoms. The number of hydrogen-bond donors (Lipinski definition) is 1. The molecule has 0 atom stereocenters. The molecule has 0 spiro atoms. The standard InChI is InChI=1S/C21H30ClN/c1-4-19(21-16(2)10-9-13-20(21)22)17(3)23-15-14-18-11-7-5-6-8-12-18/h4,9-10,13,18,23H,3,5-8,11-12,14-15H2,1-2H3/b19-4-. The lowest BCUT2D eigenvalue weighted by molar-refractivity contribution is 0.424. The molecule has 1 aliphatic rings. The van der Waals surface area contributed by atoms with Crippen LogP contribution < -0.4 is 5.32 Å². The molecule has 23 heavy (non-hydrogen) atoms. The van der Waals surface area contributed by atoms with Gasteiger partial charge in [-0.2, -0.15) is 0 Å². The van der Waals surface area contributed by atoms with E-state index in [0.29, 0.717) is 0 Å². The van der Waals surface area contributed by atoms with Gasteiger partial charge in [0.25, 0.3) is 0 Å². The number of aryl methyl sites for hydroxylation is 1. The van der Waals surface area contributed by atoms with Crippen LogP contribution in [-0.4, -0.2) is 6.54 Å². The minimum Gasteiger partial charge on any atom is -0.385 e. The highest BCUT2D eigenvalue weighted by Gasteiger charge is 2.14. The Morgan fingerprint density at radius 3 is 2.57 bits per heavy atom. The van der Waals surface area contributed by atoms with Gasteiger partial charge in [-0.15, -0.1) is 0 Å². The molecule has 0 aliphatic heterocycles. The van der Waals surface area contributed by atoms with Crippen LogP contribution in [0.15, 0.2) is 36.6 Å². The van der Waals surface area contributed by atoms with E-state index in [1.165, 1.54) is 50.5 Å². The zero-order chi connectivity index (χ0) is 16.7. The van der Waals surface area contributed by atoms with E-state index in [2.05, 4.69) is 37.9 Å². The molecule has 126 valence electrons. The summed E-state index contributed by atoms with van der Waals surface area (Å²) in [5.74, 6) is 0.883. The van der Waals surface area contributed by atoms with Crippen LogP contribution in [0.4, 0.5) is 0 Å². The molecule has 0 amide bonds. The number of hydrogen-bond acceptors (Lipinski definition) is 1. The summed E-state index contributed by atoms with van der Waals surface area (Å²) in [6.07, 6.45) is 11.8. The molecule has 1 aliphatic carbocycles. The molecule has 2 rings (SSSR count). The molecule has 1 N–H and O–H groups in total. The van der Waals surface area contributed by atoms with E-state index >= 15 is 0 Å². The number of nitrogens with one attached hydrogen (secondary N) is 1. The first kappa shape index (κ1) is 18.1. The van der Waals surface area contributed by atoms with Crippen LogP contribution in [0.25, 0.3) is 5.57 Å². The second-order valence-electron chi connectivity index (χ2n) is 6.69. The van der Waals surface area contributed by atoms with Crippen molar-refractivity contribution in [2.45, 2.75) is 58.8 Å².